The van der Waals surface area contributed by atoms with Crippen LogP contribution in [0.15, 0.2) is 48.9 Å². The van der Waals surface area contributed by atoms with E-state index in [-0.39, 0.29) is 0 Å². The molecule has 0 spiro atoms. The second kappa shape index (κ2) is 6.79. The van der Waals surface area contributed by atoms with Gasteiger partial charge in [-0.1, -0.05) is 11.6 Å². The molecule has 0 fully saturated rings. The monoisotopic (exact) mass is 405 g/mol. The number of halogens is 1. The van der Waals surface area contributed by atoms with Crippen LogP contribution in [0, 0.1) is 0 Å². The molecule has 1 aromatic carbocycles. The Hall–Kier alpha value is -3.58. The van der Waals surface area contributed by atoms with Crippen LogP contribution in [-0.4, -0.2) is 34.2 Å². The number of imidazole rings is 1. The van der Waals surface area contributed by atoms with Crippen molar-refractivity contribution in [3.8, 4) is 45.4 Å². The first-order chi connectivity index (χ1) is 14.2. The van der Waals surface area contributed by atoms with E-state index < -0.39 is 0 Å². The van der Waals surface area contributed by atoms with E-state index in [0.717, 1.165) is 28.2 Å². The summed E-state index contributed by atoms with van der Waals surface area (Å²) in [5, 5.41) is 3.82. The van der Waals surface area contributed by atoms with Gasteiger partial charge in [-0.3, -0.25) is 4.98 Å². The van der Waals surface area contributed by atoms with Crippen LogP contribution >= 0.6 is 11.6 Å². The molecular formula is C21H16ClN5O2. The van der Waals surface area contributed by atoms with Crippen LogP contribution in [0.3, 0.4) is 0 Å². The van der Waals surface area contributed by atoms with Crippen LogP contribution in [-0.2, 0) is 0 Å². The molecule has 3 aromatic heterocycles. The van der Waals surface area contributed by atoms with Crippen LogP contribution in [0.25, 0.3) is 33.9 Å². The summed E-state index contributed by atoms with van der Waals surface area (Å²) < 4.78 is 10.9. The number of aromatic amines is 1. The largest absolute Gasteiger partial charge is 0.497 e. The predicted octanol–water partition coefficient (Wildman–Crippen LogP) is 4.93. The van der Waals surface area contributed by atoms with E-state index in [0.29, 0.717) is 33.7 Å². The number of benzene rings is 1. The summed E-state index contributed by atoms with van der Waals surface area (Å²) in [6.45, 7) is 0. The minimum Gasteiger partial charge on any atom is -0.497 e. The van der Waals surface area contributed by atoms with E-state index in [9.17, 15) is 0 Å². The zero-order valence-electron chi connectivity index (χ0n) is 15.7. The molecule has 0 unspecified atom stereocenters. The number of ether oxygens (including phenoxy) is 2. The van der Waals surface area contributed by atoms with Gasteiger partial charge in [0.25, 0.3) is 0 Å². The Morgan fingerprint density at radius 3 is 2.76 bits per heavy atom. The standard InChI is InChI=1S/C21H16ClN5O2/c1-28-11-8-14(22)17(16(9-11)29-2)21-26-18-12-5-7-23-10-15(12)25-20-13(19(18)27-21)4-3-6-24-20/h3-10H,1-2H3,(H,24,25)(H,26,27). The van der Waals surface area contributed by atoms with Gasteiger partial charge in [0.05, 0.1) is 42.4 Å². The molecule has 5 rings (SSSR count). The first-order valence-electron chi connectivity index (χ1n) is 8.88. The Bertz CT molecular complexity index is 1170. The molecule has 29 heavy (non-hydrogen) atoms. The zero-order chi connectivity index (χ0) is 20.0. The number of fused-ring (bicyclic) bond motifs is 5. The Morgan fingerprint density at radius 2 is 1.93 bits per heavy atom. The SMILES string of the molecule is COc1cc(Cl)c(-c2nc3c([nH]2)-c2ccncc2Nc2ncccc2-3)c(OC)c1. The van der Waals surface area contributed by atoms with Crippen LogP contribution in [0.2, 0.25) is 5.02 Å². The lowest BCUT2D eigenvalue weighted by Gasteiger charge is -2.11. The number of aromatic nitrogens is 4. The van der Waals surface area contributed by atoms with Crippen molar-refractivity contribution < 1.29 is 9.47 Å². The number of methoxy groups -OCH3 is 2. The van der Waals surface area contributed by atoms with Gasteiger partial charge in [-0.2, -0.15) is 0 Å². The molecule has 7 nitrogen and oxygen atoms in total. The van der Waals surface area contributed by atoms with Crippen molar-refractivity contribution in [2.24, 2.45) is 0 Å². The second-order valence-electron chi connectivity index (χ2n) is 6.44. The van der Waals surface area contributed by atoms with Crippen LogP contribution < -0.4 is 14.8 Å². The van der Waals surface area contributed by atoms with Crippen LogP contribution in [0.4, 0.5) is 11.5 Å². The molecule has 4 heterocycles. The lowest BCUT2D eigenvalue weighted by atomic mass is 10.1. The van der Waals surface area contributed by atoms with Crippen molar-refractivity contribution >= 4 is 23.1 Å². The molecule has 8 heteroatoms. The third-order valence-corrected chi connectivity index (χ3v) is 5.13. The van der Waals surface area contributed by atoms with Crippen molar-refractivity contribution in [2.75, 3.05) is 19.5 Å². The zero-order valence-corrected chi connectivity index (χ0v) is 16.4. The molecule has 1 aliphatic heterocycles. The van der Waals surface area contributed by atoms with Gasteiger partial charge < -0.3 is 19.8 Å². The Kier molecular flexibility index (Phi) is 4.10. The minimum atomic E-state index is 0.476. The van der Waals surface area contributed by atoms with E-state index in [1.807, 2.05) is 18.2 Å². The molecule has 2 N–H and O–H groups in total. The van der Waals surface area contributed by atoms with E-state index in [1.165, 1.54) is 0 Å². The molecule has 0 bridgehead atoms. The molecule has 4 aromatic rings. The highest BCUT2D eigenvalue weighted by atomic mass is 35.5. The number of H-pyrrole nitrogens is 1. The predicted molar refractivity (Wildman–Crippen MR) is 112 cm³/mol. The summed E-state index contributed by atoms with van der Waals surface area (Å²) in [7, 11) is 3.17. The van der Waals surface area contributed by atoms with Crippen molar-refractivity contribution in [3.05, 3.63) is 53.9 Å². The second-order valence-corrected chi connectivity index (χ2v) is 6.85. The highest BCUT2D eigenvalue weighted by molar-refractivity contribution is 6.33. The Balaban J connectivity index is 1.79. The third-order valence-electron chi connectivity index (χ3n) is 4.83. The first-order valence-corrected chi connectivity index (χ1v) is 9.26. The van der Waals surface area contributed by atoms with E-state index in [1.54, 1.807) is 44.9 Å². The Labute approximate surface area is 171 Å². The quantitative estimate of drug-likeness (QED) is 0.442. The fraction of sp³-hybridized carbons (Fsp3) is 0.0952. The Morgan fingerprint density at radius 1 is 1.03 bits per heavy atom. The number of hydrogen-bond donors (Lipinski definition) is 2. The number of rotatable bonds is 3. The van der Waals surface area contributed by atoms with Gasteiger partial charge in [0.2, 0.25) is 0 Å². The van der Waals surface area contributed by atoms with E-state index >= 15 is 0 Å². The van der Waals surface area contributed by atoms with E-state index in [4.69, 9.17) is 26.1 Å². The minimum absolute atomic E-state index is 0.476. The maximum Gasteiger partial charge on any atom is 0.143 e. The lowest BCUT2D eigenvalue weighted by molar-refractivity contribution is 0.395. The average Bonchev–Trinajstić information content (AvgIpc) is 3.13. The molecule has 0 amide bonds. The number of pyridine rings is 2. The summed E-state index contributed by atoms with van der Waals surface area (Å²) in [4.78, 5) is 17.0. The smallest absolute Gasteiger partial charge is 0.143 e. The number of nitrogens with one attached hydrogen (secondary N) is 2. The molecule has 0 saturated heterocycles. The molecular weight excluding hydrogens is 390 g/mol. The van der Waals surface area contributed by atoms with Crippen molar-refractivity contribution in [1.82, 2.24) is 19.9 Å². The molecule has 0 aliphatic carbocycles. The number of hydrogen-bond acceptors (Lipinski definition) is 6. The number of nitrogens with zero attached hydrogens (tertiary/aromatic N) is 3. The summed E-state index contributed by atoms with van der Waals surface area (Å²) in [6, 6.07) is 9.31. The first kappa shape index (κ1) is 17.5. The van der Waals surface area contributed by atoms with Crippen LogP contribution in [0.1, 0.15) is 0 Å². The lowest BCUT2D eigenvalue weighted by Crippen LogP contribution is -1.96. The molecule has 144 valence electrons. The topological polar surface area (TPSA) is 85.0 Å². The van der Waals surface area contributed by atoms with E-state index in [2.05, 4.69) is 20.3 Å². The third kappa shape index (κ3) is 2.78. The molecule has 0 atom stereocenters. The number of anilines is 2. The maximum atomic E-state index is 6.57. The highest BCUT2D eigenvalue weighted by Gasteiger charge is 2.26. The molecule has 0 saturated carbocycles. The average molecular weight is 406 g/mol. The fourth-order valence-corrected chi connectivity index (χ4v) is 3.77. The maximum absolute atomic E-state index is 6.57. The fourth-order valence-electron chi connectivity index (χ4n) is 3.48. The van der Waals surface area contributed by atoms with Gasteiger partial charge in [-0.25, -0.2) is 9.97 Å². The van der Waals surface area contributed by atoms with Crippen LogP contribution in [0.5, 0.6) is 11.5 Å². The summed E-state index contributed by atoms with van der Waals surface area (Å²) in [5.74, 6) is 2.49. The van der Waals surface area contributed by atoms with Gasteiger partial charge >= 0.3 is 0 Å². The highest BCUT2D eigenvalue weighted by Crippen LogP contribution is 2.45. The van der Waals surface area contributed by atoms with Gasteiger partial charge in [-0.15, -0.1) is 0 Å². The van der Waals surface area contributed by atoms with Gasteiger partial charge in [-0.05, 0) is 24.3 Å². The summed E-state index contributed by atoms with van der Waals surface area (Å²) in [6.07, 6.45) is 5.25. The summed E-state index contributed by atoms with van der Waals surface area (Å²) >= 11 is 6.57. The van der Waals surface area contributed by atoms with Gasteiger partial charge in [0.15, 0.2) is 0 Å². The van der Waals surface area contributed by atoms with Crippen molar-refractivity contribution in [1.29, 1.82) is 0 Å². The normalized spacial score (nSPS) is 11.6. The van der Waals surface area contributed by atoms with Gasteiger partial charge in [0, 0.05) is 29.6 Å². The van der Waals surface area contributed by atoms with Gasteiger partial charge in [0.1, 0.15) is 28.8 Å². The molecule has 0 radical (unpaired) electrons. The summed E-state index contributed by atoms with van der Waals surface area (Å²) in [5.41, 5.74) is 4.95. The molecule has 1 aliphatic rings. The van der Waals surface area contributed by atoms with Crippen molar-refractivity contribution in [3.63, 3.8) is 0 Å². The van der Waals surface area contributed by atoms with Crippen molar-refractivity contribution in [2.45, 2.75) is 0 Å².